The maximum absolute atomic E-state index is 5.96. The van der Waals surface area contributed by atoms with E-state index in [1.165, 1.54) is 5.56 Å². The molecule has 5 heteroatoms. The van der Waals surface area contributed by atoms with E-state index in [-0.39, 0.29) is 0 Å². The van der Waals surface area contributed by atoms with Crippen LogP contribution < -0.4 is 0 Å². The molecule has 0 N–H and O–H groups in total. The molecule has 4 rings (SSSR count). The molecule has 0 atom stereocenters. The second-order valence-corrected chi connectivity index (χ2v) is 5.68. The Morgan fingerprint density at radius 2 is 1.70 bits per heavy atom. The van der Waals surface area contributed by atoms with Gasteiger partial charge in [0.2, 0.25) is 0 Å². The third-order valence-electron chi connectivity index (χ3n) is 3.63. The summed E-state index contributed by atoms with van der Waals surface area (Å²) >= 11 is 5.96. The normalized spacial score (nSPS) is 11.0. The molecular formula is C18H13ClN4. The molecule has 0 aliphatic heterocycles. The Morgan fingerprint density at radius 3 is 2.48 bits per heavy atom. The molecule has 0 unspecified atom stereocenters. The summed E-state index contributed by atoms with van der Waals surface area (Å²) in [5.41, 5.74) is 3.15. The smallest absolute Gasteiger partial charge is 0.220 e. The van der Waals surface area contributed by atoms with Gasteiger partial charge in [-0.25, -0.2) is 4.98 Å². The summed E-state index contributed by atoms with van der Waals surface area (Å²) in [5, 5.41) is 5.33. The Hall–Kier alpha value is -2.72. The molecule has 2 aromatic heterocycles. The van der Waals surface area contributed by atoms with Gasteiger partial charge in [0.15, 0.2) is 5.82 Å². The van der Waals surface area contributed by atoms with Crippen LogP contribution in [0.3, 0.4) is 0 Å². The first-order chi connectivity index (χ1) is 11.3. The molecule has 0 aliphatic carbocycles. The molecule has 2 aromatic carbocycles. The highest BCUT2D eigenvalue weighted by Crippen LogP contribution is 2.21. The predicted octanol–water partition coefficient (Wildman–Crippen LogP) is 4.04. The van der Waals surface area contributed by atoms with Crippen LogP contribution in [0.25, 0.3) is 17.0 Å². The van der Waals surface area contributed by atoms with Crippen LogP contribution in [0.4, 0.5) is 0 Å². The molecule has 4 aromatic rings. The van der Waals surface area contributed by atoms with Crippen molar-refractivity contribution in [2.45, 2.75) is 6.42 Å². The minimum Gasteiger partial charge on any atom is -0.220 e. The number of nitrogens with zero attached hydrogens (tertiary/aromatic N) is 4. The maximum Gasteiger partial charge on any atom is 0.252 e. The average molecular weight is 321 g/mol. The van der Waals surface area contributed by atoms with Crippen molar-refractivity contribution < 1.29 is 0 Å². The van der Waals surface area contributed by atoms with Gasteiger partial charge in [-0.2, -0.15) is 9.50 Å². The predicted molar refractivity (Wildman–Crippen MR) is 90.5 cm³/mol. The van der Waals surface area contributed by atoms with Crippen molar-refractivity contribution in [1.29, 1.82) is 0 Å². The van der Waals surface area contributed by atoms with Crippen molar-refractivity contribution in [2.24, 2.45) is 0 Å². The van der Waals surface area contributed by atoms with Gasteiger partial charge in [0, 0.05) is 23.2 Å². The molecule has 2 heterocycles. The Balaban J connectivity index is 1.77. The van der Waals surface area contributed by atoms with Gasteiger partial charge in [-0.05, 0) is 23.8 Å². The summed E-state index contributed by atoms with van der Waals surface area (Å²) in [6.45, 7) is 0. The summed E-state index contributed by atoms with van der Waals surface area (Å²) in [4.78, 5) is 8.84. The van der Waals surface area contributed by atoms with Crippen molar-refractivity contribution in [3.05, 3.63) is 83.3 Å². The molecule has 112 valence electrons. The van der Waals surface area contributed by atoms with Gasteiger partial charge in [0.25, 0.3) is 5.78 Å². The fraction of sp³-hybridized carbons (Fsp3) is 0.0556. The lowest BCUT2D eigenvalue weighted by Gasteiger charge is -2.03. The molecule has 0 spiro atoms. The van der Waals surface area contributed by atoms with Crippen molar-refractivity contribution in [2.75, 3.05) is 0 Å². The van der Waals surface area contributed by atoms with Gasteiger partial charge in [-0.3, -0.25) is 0 Å². The van der Waals surface area contributed by atoms with E-state index in [2.05, 4.69) is 27.2 Å². The Kier molecular flexibility index (Phi) is 3.52. The first-order valence-electron chi connectivity index (χ1n) is 7.30. The molecule has 0 amide bonds. The molecule has 0 bridgehead atoms. The zero-order valence-electron chi connectivity index (χ0n) is 12.2. The van der Waals surface area contributed by atoms with Crippen LogP contribution in [0.15, 0.2) is 66.9 Å². The van der Waals surface area contributed by atoms with E-state index < -0.39 is 0 Å². The third kappa shape index (κ3) is 2.81. The van der Waals surface area contributed by atoms with Crippen molar-refractivity contribution in [3.8, 4) is 11.3 Å². The summed E-state index contributed by atoms with van der Waals surface area (Å²) in [6, 6.07) is 19.8. The summed E-state index contributed by atoms with van der Waals surface area (Å²) in [6.07, 6.45) is 2.44. The van der Waals surface area contributed by atoms with E-state index in [9.17, 15) is 0 Å². The third-order valence-corrected chi connectivity index (χ3v) is 3.88. The first kappa shape index (κ1) is 13.9. The number of aromatic nitrogens is 4. The molecule has 0 saturated heterocycles. The molecule has 4 nitrogen and oxygen atoms in total. The van der Waals surface area contributed by atoms with Gasteiger partial charge in [-0.1, -0.05) is 54.1 Å². The lowest BCUT2D eigenvalue weighted by atomic mass is 10.1. The molecule has 0 saturated carbocycles. The van der Waals surface area contributed by atoms with E-state index in [1.807, 2.05) is 48.5 Å². The zero-order valence-corrected chi connectivity index (χ0v) is 13.0. The SMILES string of the molecule is Clc1ccc(-c2ccnc3nc(Cc4ccccc4)nn23)cc1. The van der Waals surface area contributed by atoms with Crippen LogP contribution in [0.5, 0.6) is 0 Å². The van der Waals surface area contributed by atoms with Crippen LogP contribution in [0.2, 0.25) is 5.02 Å². The fourth-order valence-corrected chi connectivity index (χ4v) is 2.65. The number of halogens is 1. The second-order valence-electron chi connectivity index (χ2n) is 5.24. The van der Waals surface area contributed by atoms with Gasteiger partial charge in [0.1, 0.15) is 0 Å². The largest absolute Gasteiger partial charge is 0.252 e. The van der Waals surface area contributed by atoms with Gasteiger partial charge in [-0.15, -0.1) is 5.10 Å². The van der Waals surface area contributed by atoms with Crippen LogP contribution >= 0.6 is 11.6 Å². The number of benzene rings is 2. The van der Waals surface area contributed by atoms with Crippen LogP contribution in [-0.2, 0) is 6.42 Å². The highest BCUT2D eigenvalue weighted by molar-refractivity contribution is 6.30. The van der Waals surface area contributed by atoms with E-state index in [0.29, 0.717) is 17.2 Å². The monoisotopic (exact) mass is 320 g/mol. The molecule has 0 fully saturated rings. The van der Waals surface area contributed by atoms with Gasteiger partial charge < -0.3 is 0 Å². The quantitative estimate of drug-likeness (QED) is 0.572. The Labute approximate surface area is 138 Å². The van der Waals surface area contributed by atoms with Crippen LogP contribution in [0.1, 0.15) is 11.4 Å². The minimum absolute atomic E-state index is 0.600. The van der Waals surface area contributed by atoms with Crippen molar-refractivity contribution in [1.82, 2.24) is 19.6 Å². The standard InChI is InChI=1S/C18H13ClN4/c19-15-8-6-14(7-9-15)16-10-11-20-18-21-17(22-23(16)18)12-13-4-2-1-3-5-13/h1-11H,12H2. The minimum atomic E-state index is 0.600. The summed E-state index contributed by atoms with van der Waals surface area (Å²) < 4.78 is 1.78. The van der Waals surface area contributed by atoms with E-state index >= 15 is 0 Å². The highest BCUT2D eigenvalue weighted by Gasteiger charge is 2.10. The van der Waals surface area contributed by atoms with E-state index in [0.717, 1.165) is 17.1 Å². The first-order valence-corrected chi connectivity index (χ1v) is 7.68. The lowest BCUT2D eigenvalue weighted by Crippen LogP contribution is -1.96. The van der Waals surface area contributed by atoms with Crippen molar-refractivity contribution >= 4 is 17.4 Å². The summed E-state index contributed by atoms with van der Waals surface area (Å²) in [5.74, 6) is 1.36. The average Bonchev–Trinajstić information content (AvgIpc) is 2.99. The summed E-state index contributed by atoms with van der Waals surface area (Å²) in [7, 11) is 0. The Morgan fingerprint density at radius 1 is 0.913 bits per heavy atom. The van der Waals surface area contributed by atoms with Gasteiger partial charge in [0.05, 0.1) is 5.69 Å². The van der Waals surface area contributed by atoms with E-state index in [4.69, 9.17) is 11.6 Å². The second kappa shape index (κ2) is 5.82. The molecule has 0 aliphatic rings. The molecular weight excluding hydrogens is 308 g/mol. The number of rotatable bonds is 3. The van der Waals surface area contributed by atoms with Crippen molar-refractivity contribution in [3.63, 3.8) is 0 Å². The van der Waals surface area contributed by atoms with E-state index in [1.54, 1.807) is 10.7 Å². The molecule has 0 radical (unpaired) electrons. The lowest BCUT2D eigenvalue weighted by molar-refractivity contribution is 0.898. The fourth-order valence-electron chi connectivity index (χ4n) is 2.53. The number of hydrogen-bond donors (Lipinski definition) is 0. The topological polar surface area (TPSA) is 43.1 Å². The Bertz CT molecular complexity index is 946. The maximum atomic E-state index is 5.96. The molecule has 23 heavy (non-hydrogen) atoms. The number of hydrogen-bond acceptors (Lipinski definition) is 3. The zero-order chi connectivity index (χ0) is 15.6. The number of fused-ring (bicyclic) bond motifs is 1. The van der Waals surface area contributed by atoms with Gasteiger partial charge >= 0.3 is 0 Å². The van der Waals surface area contributed by atoms with Crippen LogP contribution in [0, 0.1) is 0 Å². The highest BCUT2D eigenvalue weighted by atomic mass is 35.5. The van der Waals surface area contributed by atoms with Crippen LogP contribution in [-0.4, -0.2) is 19.6 Å².